The third kappa shape index (κ3) is 3.69. The molecule has 0 aromatic carbocycles. The lowest BCUT2D eigenvalue weighted by Crippen LogP contribution is -2.45. The summed E-state index contributed by atoms with van der Waals surface area (Å²) in [7, 11) is 0. The molecule has 2 nitrogen and oxygen atoms in total. The van der Waals surface area contributed by atoms with Crippen LogP contribution in [0, 0.1) is 11.8 Å². The molecule has 0 amide bonds. The first kappa shape index (κ1) is 13.4. The molecule has 1 N–H and O–H groups in total. The molecule has 0 radical (unpaired) electrons. The second kappa shape index (κ2) is 6.19. The molecule has 1 saturated carbocycles. The van der Waals surface area contributed by atoms with Gasteiger partial charge in [0.15, 0.2) is 0 Å². The van der Waals surface area contributed by atoms with Gasteiger partial charge >= 0.3 is 0 Å². The smallest absolute Gasteiger partial charge is 0.0101 e. The summed E-state index contributed by atoms with van der Waals surface area (Å²) in [5.41, 5.74) is 0. The molecule has 0 aromatic heterocycles. The Morgan fingerprint density at radius 3 is 2.59 bits per heavy atom. The topological polar surface area (TPSA) is 15.3 Å². The van der Waals surface area contributed by atoms with Gasteiger partial charge in [-0.25, -0.2) is 0 Å². The first-order valence-corrected chi connectivity index (χ1v) is 7.63. The van der Waals surface area contributed by atoms with E-state index in [4.69, 9.17) is 0 Å². The van der Waals surface area contributed by atoms with Crippen LogP contribution in [0.4, 0.5) is 0 Å². The van der Waals surface area contributed by atoms with Gasteiger partial charge in [-0.2, -0.15) is 0 Å². The minimum atomic E-state index is 0.715. The Labute approximate surface area is 107 Å². The Balaban J connectivity index is 1.87. The van der Waals surface area contributed by atoms with Crippen LogP contribution in [0.2, 0.25) is 0 Å². The van der Waals surface area contributed by atoms with Gasteiger partial charge in [0.1, 0.15) is 0 Å². The van der Waals surface area contributed by atoms with Crippen LogP contribution in [0.5, 0.6) is 0 Å². The maximum absolute atomic E-state index is 3.55. The second-order valence-electron chi connectivity index (χ2n) is 6.57. The quantitative estimate of drug-likeness (QED) is 0.810. The van der Waals surface area contributed by atoms with Crippen molar-refractivity contribution in [1.29, 1.82) is 0 Å². The molecule has 0 bridgehead atoms. The average molecular weight is 238 g/mol. The molecule has 3 atom stereocenters. The van der Waals surface area contributed by atoms with Crippen molar-refractivity contribution in [2.45, 2.75) is 65.0 Å². The molecule has 2 fully saturated rings. The minimum Gasteiger partial charge on any atom is -0.316 e. The van der Waals surface area contributed by atoms with Crippen LogP contribution < -0.4 is 5.32 Å². The van der Waals surface area contributed by atoms with Crippen molar-refractivity contribution in [3.63, 3.8) is 0 Å². The zero-order chi connectivity index (χ0) is 12.3. The highest BCUT2D eigenvalue weighted by atomic mass is 15.2. The molecule has 1 aliphatic carbocycles. The predicted molar refractivity (Wildman–Crippen MR) is 74.2 cm³/mol. The van der Waals surface area contributed by atoms with Crippen molar-refractivity contribution in [3.05, 3.63) is 0 Å². The summed E-state index contributed by atoms with van der Waals surface area (Å²) in [5, 5.41) is 3.55. The first-order chi connectivity index (χ1) is 8.16. The molecule has 2 rings (SSSR count). The van der Waals surface area contributed by atoms with E-state index < -0.39 is 0 Å². The number of nitrogens with one attached hydrogen (secondary N) is 1. The van der Waals surface area contributed by atoms with Gasteiger partial charge in [0.05, 0.1) is 0 Å². The van der Waals surface area contributed by atoms with Crippen LogP contribution >= 0.6 is 0 Å². The van der Waals surface area contributed by atoms with Crippen molar-refractivity contribution in [3.8, 4) is 0 Å². The molecule has 100 valence electrons. The summed E-state index contributed by atoms with van der Waals surface area (Å²) in [6.07, 6.45) is 7.10. The summed E-state index contributed by atoms with van der Waals surface area (Å²) in [5.74, 6) is 1.84. The van der Waals surface area contributed by atoms with Crippen LogP contribution in [0.15, 0.2) is 0 Å². The number of hydrogen-bond donors (Lipinski definition) is 1. The lowest BCUT2D eigenvalue weighted by Gasteiger charge is -2.37. The molecule has 1 aliphatic heterocycles. The van der Waals surface area contributed by atoms with Gasteiger partial charge in [-0.05, 0) is 70.9 Å². The van der Waals surface area contributed by atoms with Crippen LogP contribution in [-0.4, -0.2) is 36.6 Å². The maximum atomic E-state index is 3.55. The van der Waals surface area contributed by atoms with E-state index in [2.05, 4.69) is 31.0 Å². The minimum absolute atomic E-state index is 0.715. The summed E-state index contributed by atoms with van der Waals surface area (Å²) < 4.78 is 0. The van der Waals surface area contributed by atoms with Gasteiger partial charge < -0.3 is 5.32 Å². The van der Waals surface area contributed by atoms with E-state index in [-0.39, 0.29) is 0 Å². The van der Waals surface area contributed by atoms with Crippen LogP contribution in [0.25, 0.3) is 0 Å². The summed E-state index contributed by atoms with van der Waals surface area (Å²) in [6, 6.07) is 1.58. The Hall–Kier alpha value is -0.0800. The van der Waals surface area contributed by atoms with Gasteiger partial charge in [-0.1, -0.05) is 6.92 Å². The fourth-order valence-corrected chi connectivity index (χ4v) is 3.64. The third-order valence-electron chi connectivity index (χ3n) is 4.67. The van der Waals surface area contributed by atoms with Crippen LogP contribution in [-0.2, 0) is 0 Å². The SMILES string of the molecule is CC1CCC(N(CC2CCCNC2)C(C)C)C1. The van der Waals surface area contributed by atoms with Crippen molar-refractivity contribution < 1.29 is 0 Å². The predicted octanol–water partition coefficient (Wildman–Crippen LogP) is 2.89. The Morgan fingerprint density at radius 1 is 1.24 bits per heavy atom. The molecular weight excluding hydrogens is 208 g/mol. The molecule has 3 unspecified atom stereocenters. The van der Waals surface area contributed by atoms with Crippen molar-refractivity contribution in [2.75, 3.05) is 19.6 Å². The lowest BCUT2D eigenvalue weighted by atomic mass is 9.97. The number of rotatable bonds is 4. The van der Waals surface area contributed by atoms with Crippen LogP contribution in [0.1, 0.15) is 52.9 Å². The molecule has 2 aliphatic rings. The van der Waals surface area contributed by atoms with E-state index in [1.165, 1.54) is 51.7 Å². The Morgan fingerprint density at radius 2 is 2.06 bits per heavy atom. The highest BCUT2D eigenvalue weighted by molar-refractivity contribution is 4.85. The summed E-state index contributed by atoms with van der Waals surface area (Å²) in [4.78, 5) is 2.79. The first-order valence-electron chi connectivity index (χ1n) is 7.63. The van der Waals surface area contributed by atoms with E-state index in [9.17, 15) is 0 Å². The standard InChI is InChI=1S/C15H30N2/c1-12(2)17(15-7-6-13(3)9-15)11-14-5-4-8-16-10-14/h12-16H,4-11H2,1-3H3. The van der Waals surface area contributed by atoms with Gasteiger partial charge in [-0.3, -0.25) is 4.90 Å². The van der Waals surface area contributed by atoms with Crippen molar-refractivity contribution >= 4 is 0 Å². The van der Waals surface area contributed by atoms with E-state index in [0.29, 0.717) is 6.04 Å². The molecular formula is C15H30N2. The van der Waals surface area contributed by atoms with Gasteiger partial charge in [0, 0.05) is 18.6 Å². The Kier molecular flexibility index (Phi) is 4.87. The van der Waals surface area contributed by atoms with Gasteiger partial charge in [-0.15, -0.1) is 0 Å². The number of hydrogen-bond acceptors (Lipinski definition) is 2. The van der Waals surface area contributed by atoms with Crippen molar-refractivity contribution in [1.82, 2.24) is 10.2 Å². The van der Waals surface area contributed by atoms with E-state index in [1.54, 1.807) is 0 Å². The molecule has 0 aromatic rings. The van der Waals surface area contributed by atoms with E-state index >= 15 is 0 Å². The fourth-order valence-electron chi connectivity index (χ4n) is 3.64. The van der Waals surface area contributed by atoms with Crippen LogP contribution in [0.3, 0.4) is 0 Å². The third-order valence-corrected chi connectivity index (χ3v) is 4.67. The molecule has 17 heavy (non-hydrogen) atoms. The maximum Gasteiger partial charge on any atom is 0.0101 e. The van der Waals surface area contributed by atoms with E-state index in [0.717, 1.165) is 17.9 Å². The summed E-state index contributed by atoms with van der Waals surface area (Å²) in [6.45, 7) is 11.0. The normalized spacial score (nSPS) is 34.8. The van der Waals surface area contributed by atoms with Crippen molar-refractivity contribution in [2.24, 2.45) is 11.8 Å². The highest BCUT2D eigenvalue weighted by Crippen LogP contribution is 2.31. The second-order valence-corrected chi connectivity index (χ2v) is 6.57. The zero-order valence-corrected chi connectivity index (χ0v) is 11.9. The fraction of sp³-hybridized carbons (Fsp3) is 1.00. The lowest BCUT2D eigenvalue weighted by molar-refractivity contribution is 0.118. The zero-order valence-electron chi connectivity index (χ0n) is 11.9. The van der Waals surface area contributed by atoms with E-state index in [1.807, 2.05) is 0 Å². The number of piperidine rings is 1. The monoisotopic (exact) mass is 238 g/mol. The highest BCUT2D eigenvalue weighted by Gasteiger charge is 2.30. The molecule has 2 heteroatoms. The average Bonchev–Trinajstić information content (AvgIpc) is 2.73. The molecule has 1 heterocycles. The summed E-state index contributed by atoms with van der Waals surface area (Å²) >= 11 is 0. The Bertz CT molecular complexity index is 221. The van der Waals surface area contributed by atoms with Gasteiger partial charge in [0.2, 0.25) is 0 Å². The largest absolute Gasteiger partial charge is 0.316 e. The molecule has 0 spiro atoms. The molecule has 1 saturated heterocycles. The number of nitrogens with zero attached hydrogens (tertiary/aromatic N) is 1. The van der Waals surface area contributed by atoms with Gasteiger partial charge in [0.25, 0.3) is 0 Å².